The van der Waals surface area contributed by atoms with E-state index in [1.54, 1.807) is 0 Å². The van der Waals surface area contributed by atoms with Crippen LogP contribution in [0.1, 0.15) is 32.4 Å². The molecule has 0 radical (unpaired) electrons. The first kappa shape index (κ1) is 13.4. The Kier molecular flexibility index (Phi) is 3.69. The van der Waals surface area contributed by atoms with E-state index in [-0.39, 0.29) is 24.0 Å². The van der Waals surface area contributed by atoms with Crippen LogP contribution in [0.4, 0.5) is 8.78 Å². The highest BCUT2D eigenvalue weighted by Crippen LogP contribution is 2.39. The van der Waals surface area contributed by atoms with Crippen LogP contribution in [0.25, 0.3) is 0 Å². The molecule has 4 heteroatoms. The first-order valence-electron chi connectivity index (χ1n) is 6.27. The fourth-order valence-corrected chi connectivity index (χ4v) is 2.89. The van der Waals surface area contributed by atoms with Crippen molar-refractivity contribution in [2.45, 2.75) is 39.0 Å². The quantitative estimate of drug-likeness (QED) is 0.881. The number of hydrogen-bond acceptors (Lipinski definition) is 2. The Hall–Kier alpha value is -1.00. The SMILES string of the molecule is CC1OC(C)C(C(N)c2ccc(F)cc2F)C1C. The standard InChI is InChI=1S/C14H19F2NO/c1-7-8(2)18-9(3)13(7)14(17)11-5-4-10(15)6-12(11)16/h4-9,13-14H,17H2,1-3H3. The maximum absolute atomic E-state index is 13.7. The van der Waals surface area contributed by atoms with Gasteiger partial charge in [-0.2, -0.15) is 0 Å². The van der Waals surface area contributed by atoms with Gasteiger partial charge in [-0.1, -0.05) is 13.0 Å². The molecule has 100 valence electrons. The van der Waals surface area contributed by atoms with Gasteiger partial charge < -0.3 is 10.5 Å². The summed E-state index contributed by atoms with van der Waals surface area (Å²) in [5.74, 6) is -0.874. The zero-order valence-corrected chi connectivity index (χ0v) is 10.9. The Balaban J connectivity index is 2.28. The van der Waals surface area contributed by atoms with Crippen LogP contribution in [0.2, 0.25) is 0 Å². The van der Waals surface area contributed by atoms with E-state index in [1.807, 2.05) is 13.8 Å². The van der Waals surface area contributed by atoms with Crippen molar-refractivity contribution in [2.75, 3.05) is 0 Å². The van der Waals surface area contributed by atoms with Crippen molar-refractivity contribution >= 4 is 0 Å². The van der Waals surface area contributed by atoms with E-state index in [1.165, 1.54) is 12.1 Å². The van der Waals surface area contributed by atoms with Crippen LogP contribution < -0.4 is 5.73 Å². The summed E-state index contributed by atoms with van der Waals surface area (Å²) in [5.41, 5.74) is 6.51. The van der Waals surface area contributed by atoms with Crippen LogP contribution in [-0.4, -0.2) is 12.2 Å². The molecule has 1 saturated heterocycles. The second-order valence-electron chi connectivity index (χ2n) is 5.17. The van der Waals surface area contributed by atoms with Gasteiger partial charge in [0.15, 0.2) is 0 Å². The minimum absolute atomic E-state index is 0.0190. The predicted octanol–water partition coefficient (Wildman–Crippen LogP) is 3.02. The van der Waals surface area contributed by atoms with Gasteiger partial charge in [0.05, 0.1) is 12.2 Å². The van der Waals surface area contributed by atoms with Gasteiger partial charge >= 0.3 is 0 Å². The molecule has 2 nitrogen and oxygen atoms in total. The molecule has 0 bridgehead atoms. The zero-order valence-electron chi connectivity index (χ0n) is 10.9. The lowest BCUT2D eigenvalue weighted by molar-refractivity contribution is 0.0488. The van der Waals surface area contributed by atoms with Crippen LogP contribution in [0, 0.1) is 23.5 Å². The molecule has 0 aromatic heterocycles. The fourth-order valence-electron chi connectivity index (χ4n) is 2.89. The molecule has 2 N–H and O–H groups in total. The fraction of sp³-hybridized carbons (Fsp3) is 0.571. The Bertz CT molecular complexity index is 438. The van der Waals surface area contributed by atoms with Gasteiger partial charge in [0.25, 0.3) is 0 Å². The van der Waals surface area contributed by atoms with Gasteiger partial charge in [-0.05, 0) is 25.8 Å². The third kappa shape index (κ3) is 2.27. The van der Waals surface area contributed by atoms with Gasteiger partial charge in [-0.25, -0.2) is 8.78 Å². The van der Waals surface area contributed by atoms with E-state index >= 15 is 0 Å². The molecule has 1 aliphatic heterocycles. The maximum atomic E-state index is 13.7. The minimum Gasteiger partial charge on any atom is -0.375 e. The summed E-state index contributed by atoms with van der Waals surface area (Å²) in [6.45, 7) is 6.00. The molecular formula is C14H19F2NO. The van der Waals surface area contributed by atoms with Gasteiger partial charge in [0.2, 0.25) is 0 Å². The summed E-state index contributed by atoms with van der Waals surface area (Å²) >= 11 is 0. The maximum Gasteiger partial charge on any atom is 0.130 e. The highest BCUT2D eigenvalue weighted by Gasteiger charge is 2.41. The summed E-state index contributed by atoms with van der Waals surface area (Å²) in [4.78, 5) is 0. The monoisotopic (exact) mass is 255 g/mol. The van der Waals surface area contributed by atoms with Crippen molar-refractivity contribution in [3.63, 3.8) is 0 Å². The smallest absolute Gasteiger partial charge is 0.130 e. The van der Waals surface area contributed by atoms with Crippen molar-refractivity contribution in [1.82, 2.24) is 0 Å². The summed E-state index contributed by atoms with van der Waals surface area (Å²) in [6, 6.07) is 3.08. The molecule has 0 spiro atoms. The van der Waals surface area contributed by atoms with E-state index in [0.717, 1.165) is 6.07 Å². The van der Waals surface area contributed by atoms with E-state index < -0.39 is 17.7 Å². The van der Waals surface area contributed by atoms with Crippen molar-refractivity contribution in [1.29, 1.82) is 0 Å². The number of ether oxygens (including phenoxy) is 1. The van der Waals surface area contributed by atoms with Crippen LogP contribution >= 0.6 is 0 Å². The third-order valence-electron chi connectivity index (χ3n) is 4.06. The highest BCUT2D eigenvalue weighted by atomic mass is 19.1. The second kappa shape index (κ2) is 4.94. The van der Waals surface area contributed by atoms with Crippen LogP contribution in [-0.2, 0) is 4.74 Å². The minimum atomic E-state index is -0.583. The lowest BCUT2D eigenvalue weighted by atomic mass is 9.81. The summed E-state index contributed by atoms with van der Waals surface area (Å²) in [7, 11) is 0. The van der Waals surface area contributed by atoms with Crippen LogP contribution in [0.3, 0.4) is 0 Å². The summed E-state index contributed by atoms with van der Waals surface area (Å²) in [5, 5.41) is 0. The molecule has 5 atom stereocenters. The van der Waals surface area contributed by atoms with E-state index in [9.17, 15) is 8.78 Å². The summed E-state index contributed by atoms with van der Waals surface area (Å²) < 4.78 is 32.4. The van der Waals surface area contributed by atoms with Gasteiger partial charge in [-0.15, -0.1) is 0 Å². The Morgan fingerprint density at radius 1 is 1.17 bits per heavy atom. The predicted molar refractivity (Wildman–Crippen MR) is 65.9 cm³/mol. The van der Waals surface area contributed by atoms with Gasteiger partial charge in [0.1, 0.15) is 11.6 Å². The van der Waals surface area contributed by atoms with Gasteiger partial charge in [0, 0.05) is 23.6 Å². The zero-order chi connectivity index (χ0) is 13.4. The lowest BCUT2D eigenvalue weighted by Crippen LogP contribution is -2.31. The molecule has 1 aromatic rings. The first-order chi connectivity index (χ1) is 8.41. The largest absolute Gasteiger partial charge is 0.375 e. The molecule has 2 rings (SSSR count). The molecule has 0 saturated carbocycles. The van der Waals surface area contributed by atoms with Crippen LogP contribution in [0.5, 0.6) is 0 Å². The van der Waals surface area contributed by atoms with Crippen molar-refractivity contribution in [3.8, 4) is 0 Å². The van der Waals surface area contributed by atoms with Crippen molar-refractivity contribution < 1.29 is 13.5 Å². The lowest BCUT2D eigenvalue weighted by Gasteiger charge is -2.26. The molecule has 1 aromatic carbocycles. The molecule has 0 amide bonds. The average Bonchev–Trinajstić information content (AvgIpc) is 2.52. The molecule has 1 fully saturated rings. The highest BCUT2D eigenvalue weighted by molar-refractivity contribution is 5.23. The van der Waals surface area contributed by atoms with Gasteiger partial charge in [-0.3, -0.25) is 0 Å². The number of halogens is 2. The van der Waals surface area contributed by atoms with E-state index in [2.05, 4.69) is 6.92 Å². The third-order valence-corrected chi connectivity index (χ3v) is 4.06. The molecule has 0 aliphatic carbocycles. The second-order valence-corrected chi connectivity index (χ2v) is 5.17. The Morgan fingerprint density at radius 2 is 1.83 bits per heavy atom. The van der Waals surface area contributed by atoms with E-state index in [0.29, 0.717) is 5.56 Å². The van der Waals surface area contributed by atoms with Crippen molar-refractivity contribution in [2.24, 2.45) is 17.6 Å². The molecular weight excluding hydrogens is 236 g/mol. The number of benzene rings is 1. The number of nitrogens with two attached hydrogens (primary N) is 1. The van der Waals surface area contributed by atoms with Crippen LogP contribution in [0.15, 0.2) is 18.2 Å². The van der Waals surface area contributed by atoms with Crippen molar-refractivity contribution in [3.05, 3.63) is 35.4 Å². The number of rotatable bonds is 2. The first-order valence-corrected chi connectivity index (χ1v) is 6.27. The number of hydrogen-bond donors (Lipinski definition) is 1. The molecule has 1 heterocycles. The summed E-state index contributed by atoms with van der Waals surface area (Å²) in [6.07, 6.45) is 0.0917. The Labute approximate surface area is 106 Å². The molecule has 1 aliphatic rings. The molecule has 5 unspecified atom stereocenters. The van der Waals surface area contributed by atoms with E-state index in [4.69, 9.17) is 10.5 Å². The normalized spacial score (nSPS) is 33.7. The molecule has 18 heavy (non-hydrogen) atoms. The topological polar surface area (TPSA) is 35.2 Å². The Morgan fingerprint density at radius 3 is 2.33 bits per heavy atom. The average molecular weight is 255 g/mol.